The Labute approximate surface area is 127 Å². The lowest BCUT2D eigenvalue weighted by atomic mass is 9.96. The predicted molar refractivity (Wildman–Crippen MR) is 60.9 cm³/mol. The summed E-state index contributed by atoms with van der Waals surface area (Å²) in [7, 11) is 0. The maximum Gasteiger partial charge on any atom is 0.387 e. The molecule has 0 spiro atoms. The maximum atomic E-state index is 11.7. The van der Waals surface area contributed by atoms with Gasteiger partial charge in [-0.2, -0.15) is 0 Å². The molecule has 1 heterocycles. The average molecular weight is 336 g/mol. The Balaban J connectivity index is 2.93. The molecule has 1 saturated heterocycles. The molecule has 0 aromatic heterocycles. The van der Waals surface area contributed by atoms with E-state index in [2.05, 4.69) is 24.3 Å². The van der Waals surface area contributed by atoms with Crippen molar-refractivity contribution in [3.8, 4) is 0 Å². The topological polar surface area (TPSA) is 172 Å². The fourth-order valence-corrected chi connectivity index (χ4v) is 1.38. The third-order valence-corrected chi connectivity index (χ3v) is 2.28. The van der Waals surface area contributed by atoms with E-state index >= 15 is 0 Å². The molecule has 2 N–H and O–H groups in total. The molecule has 0 aromatic carbocycles. The smallest absolute Gasteiger partial charge is 0.387 e. The van der Waals surface area contributed by atoms with Gasteiger partial charge in [0.15, 0.2) is 18.3 Å². The molecule has 128 valence electrons. The molecule has 23 heavy (non-hydrogen) atoms. The first-order valence-electron chi connectivity index (χ1n) is 6.04. The number of ether oxygens (including phenoxy) is 1. The molecule has 1 aliphatic rings. The number of rotatable bonds is 3. The van der Waals surface area contributed by atoms with Crippen LogP contribution in [-0.4, -0.2) is 52.0 Å². The highest BCUT2D eigenvalue weighted by Gasteiger charge is 2.46. The van der Waals surface area contributed by atoms with Crippen molar-refractivity contribution >= 4 is 29.8 Å². The van der Waals surface area contributed by atoms with Crippen molar-refractivity contribution in [3.05, 3.63) is 0 Å². The second kappa shape index (κ2) is 7.51. The number of hydrogen-bond acceptors (Lipinski definition) is 12. The molecule has 0 bridgehead atoms. The summed E-state index contributed by atoms with van der Waals surface area (Å²) in [5, 5.41) is 18.9. The standard InChI is InChI=1S/C11H12O12/c1-5(12)19-8(15)3-11(18)4-9(16)22-20-6(13)2-7(14)21-23-10(11)17/h5,12,18H,2-4H2,1H3. The highest BCUT2D eigenvalue weighted by molar-refractivity contribution is 5.93. The van der Waals surface area contributed by atoms with Gasteiger partial charge in [0, 0.05) is 0 Å². The van der Waals surface area contributed by atoms with Gasteiger partial charge in [0.2, 0.25) is 0 Å². The number of esters is 1. The highest BCUT2D eigenvalue weighted by atomic mass is 17.2. The first-order chi connectivity index (χ1) is 10.6. The molecule has 1 aliphatic heterocycles. The van der Waals surface area contributed by atoms with Gasteiger partial charge >= 0.3 is 29.8 Å². The quantitative estimate of drug-likeness (QED) is 0.246. The SMILES string of the molecule is CC(O)OC(=O)CC1(O)CC(=O)OOC(=O)CC(=O)OOC1=O. The lowest BCUT2D eigenvalue weighted by Crippen LogP contribution is -2.45. The van der Waals surface area contributed by atoms with Gasteiger partial charge in [-0.25, -0.2) is 38.7 Å². The van der Waals surface area contributed by atoms with Crippen LogP contribution in [-0.2, 0) is 48.3 Å². The fourth-order valence-electron chi connectivity index (χ4n) is 1.38. The Hall–Kier alpha value is -2.73. The van der Waals surface area contributed by atoms with E-state index in [9.17, 15) is 29.1 Å². The third kappa shape index (κ3) is 5.88. The molecule has 12 heteroatoms. The fraction of sp³-hybridized carbons (Fsp3) is 0.545. The van der Waals surface area contributed by atoms with Gasteiger partial charge < -0.3 is 14.9 Å². The molecule has 1 rings (SSSR count). The monoisotopic (exact) mass is 336 g/mol. The van der Waals surface area contributed by atoms with Crippen LogP contribution in [0.3, 0.4) is 0 Å². The molecule has 1 fully saturated rings. The molecular formula is C11H12O12. The van der Waals surface area contributed by atoms with E-state index in [1.165, 1.54) is 0 Å². The molecule has 0 radical (unpaired) electrons. The summed E-state index contributed by atoms with van der Waals surface area (Å²) in [4.78, 5) is 72.4. The van der Waals surface area contributed by atoms with Gasteiger partial charge in [-0.05, 0) is 6.92 Å². The molecule has 0 amide bonds. The lowest BCUT2D eigenvalue weighted by molar-refractivity contribution is -0.271. The van der Waals surface area contributed by atoms with Crippen LogP contribution in [0.4, 0.5) is 0 Å². The van der Waals surface area contributed by atoms with E-state index < -0.39 is 61.0 Å². The summed E-state index contributed by atoms with van der Waals surface area (Å²) in [5.74, 6) is -7.09. The zero-order chi connectivity index (χ0) is 17.6. The van der Waals surface area contributed by atoms with E-state index in [4.69, 9.17) is 5.11 Å². The molecule has 12 nitrogen and oxygen atoms in total. The normalized spacial score (nSPS) is 24.3. The first kappa shape index (κ1) is 18.3. The third-order valence-electron chi connectivity index (χ3n) is 2.28. The minimum absolute atomic E-state index is 1.04. The van der Waals surface area contributed by atoms with Crippen molar-refractivity contribution in [1.29, 1.82) is 0 Å². The number of aliphatic hydroxyl groups excluding tert-OH is 1. The zero-order valence-electron chi connectivity index (χ0n) is 11.7. The van der Waals surface area contributed by atoms with Gasteiger partial charge in [-0.15, -0.1) is 0 Å². The summed E-state index contributed by atoms with van der Waals surface area (Å²) in [5.41, 5.74) is -2.85. The van der Waals surface area contributed by atoms with Crippen LogP contribution in [0.15, 0.2) is 0 Å². The Bertz CT molecular complexity index is 523. The van der Waals surface area contributed by atoms with Crippen LogP contribution in [0.25, 0.3) is 0 Å². The number of hydrogen-bond donors (Lipinski definition) is 2. The predicted octanol–water partition coefficient (Wildman–Crippen LogP) is -2.21. The van der Waals surface area contributed by atoms with Crippen molar-refractivity contribution in [2.75, 3.05) is 0 Å². The maximum absolute atomic E-state index is 11.7. The van der Waals surface area contributed by atoms with E-state index in [1.807, 2.05) is 0 Å². The van der Waals surface area contributed by atoms with Gasteiger partial charge in [-0.3, -0.25) is 4.79 Å². The first-order valence-corrected chi connectivity index (χ1v) is 6.04. The largest absolute Gasteiger partial charge is 0.436 e. The molecule has 2 unspecified atom stereocenters. The molecule has 2 atom stereocenters. The van der Waals surface area contributed by atoms with Crippen molar-refractivity contribution in [2.24, 2.45) is 0 Å². The molecule has 0 aliphatic carbocycles. The Morgan fingerprint density at radius 3 is 2.22 bits per heavy atom. The minimum atomic E-state index is -2.85. The van der Waals surface area contributed by atoms with Crippen LogP contribution >= 0.6 is 0 Å². The van der Waals surface area contributed by atoms with Crippen molar-refractivity contribution in [1.82, 2.24) is 0 Å². The van der Waals surface area contributed by atoms with E-state index in [1.54, 1.807) is 0 Å². The molecule has 0 saturated carbocycles. The van der Waals surface area contributed by atoms with Gasteiger partial charge in [-0.1, -0.05) is 0 Å². The number of carbonyl (C=O) groups is 5. The van der Waals surface area contributed by atoms with Gasteiger partial charge in [0.25, 0.3) is 0 Å². The zero-order valence-corrected chi connectivity index (χ0v) is 11.7. The Morgan fingerprint density at radius 1 is 1.13 bits per heavy atom. The number of carbonyl (C=O) groups excluding carboxylic acids is 5. The molecular weight excluding hydrogens is 324 g/mol. The summed E-state index contributed by atoms with van der Waals surface area (Å²) in [6, 6.07) is 0. The van der Waals surface area contributed by atoms with Crippen molar-refractivity contribution in [3.63, 3.8) is 0 Å². The molecule has 0 aromatic rings. The van der Waals surface area contributed by atoms with E-state index in [0.717, 1.165) is 6.92 Å². The second-order valence-electron chi connectivity index (χ2n) is 4.39. The van der Waals surface area contributed by atoms with Crippen molar-refractivity contribution < 1.29 is 58.5 Å². The van der Waals surface area contributed by atoms with Crippen LogP contribution in [0.2, 0.25) is 0 Å². The summed E-state index contributed by atoms with van der Waals surface area (Å²) >= 11 is 0. The van der Waals surface area contributed by atoms with Crippen LogP contribution in [0.1, 0.15) is 26.2 Å². The van der Waals surface area contributed by atoms with E-state index in [-0.39, 0.29) is 0 Å². The second-order valence-corrected chi connectivity index (χ2v) is 4.39. The highest BCUT2D eigenvalue weighted by Crippen LogP contribution is 2.21. The lowest BCUT2D eigenvalue weighted by Gasteiger charge is -2.22. The van der Waals surface area contributed by atoms with Crippen LogP contribution < -0.4 is 0 Å². The van der Waals surface area contributed by atoms with Gasteiger partial charge in [0.1, 0.15) is 0 Å². The Kier molecular flexibility index (Phi) is 5.98. The summed E-state index contributed by atoms with van der Waals surface area (Å²) in [6.07, 6.45) is -4.91. The minimum Gasteiger partial charge on any atom is -0.436 e. The summed E-state index contributed by atoms with van der Waals surface area (Å²) in [6.45, 7) is 1.08. The van der Waals surface area contributed by atoms with Gasteiger partial charge in [0.05, 0.1) is 12.8 Å². The van der Waals surface area contributed by atoms with Crippen molar-refractivity contribution in [2.45, 2.75) is 38.1 Å². The number of aliphatic hydroxyl groups is 2. The van der Waals surface area contributed by atoms with Crippen LogP contribution in [0.5, 0.6) is 0 Å². The Morgan fingerprint density at radius 2 is 1.65 bits per heavy atom. The summed E-state index contributed by atoms with van der Waals surface area (Å²) < 4.78 is 4.30. The van der Waals surface area contributed by atoms with Crippen LogP contribution in [0, 0.1) is 0 Å². The average Bonchev–Trinajstić information content (AvgIpc) is 2.41. The van der Waals surface area contributed by atoms with E-state index in [0.29, 0.717) is 0 Å².